The molecule has 1 unspecified atom stereocenters. The van der Waals surface area contributed by atoms with Gasteiger partial charge in [0.2, 0.25) is 5.91 Å². The first kappa shape index (κ1) is 19.2. The topological polar surface area (TPSA) is 56.7 Å². The summed E-state index contributed by atoms with van der Waals surface area (Å²) in [6, 6.07) is 8.05. The Hall–Kier alpha value is -1.82. The predicted molar refractivity (Wildman–Crippen MR) is 99.5 cm³/mol. The van der Waals surface area contributed by atoms with Crippen molar-refractivity contribution in [3.63, 3.8) is 0 Å². The molecule has 0 saturated carbocycles. The van der Waals surface area contributed by atoms with Crippen LogP contribution in [-0.2, 0) is 4.79 Å². The quantitative estimate of drug-likeness (QED) is 0.453. The van der Waals surface area contributed by atoms with Crippen LogP contribution >= 0.6 is 15.9 Å². The molecule has 0 fully saturated rings. The number of benzene rings is 1. The summed E-state index contributed by atoms with van der Waals surface area (Å²) in [7, 11) is 3.44. The van der Waals surface area contributed by atoms with Gasteiger partial charge >= 0.3 is 0 Å². The molecule has 1 aromatic rings. The number of rotatable bonds is 6. The summed E-state index contributed by atoms with van der Waals surface area (Å²) in [5.41, 5.74) is 2.11. The Morgan fingerprint density at radius 1 is 1.39 bits per heavy atom. The molecule has 1 amide bonds. The second-order valence-electron chi connectivity index (χ2n) is 5.65. The van der Waals surface area contributed by atoms with Gasteiger partial charge in [-0.15, -0.1) is 0 Å². The number of guanidine groups is 1. The fourth-order valence-corrected chi connectivity index (χ4v) is 2.41. The van der Waals surface area contributed by atoms with Crippen LogP contribution in [0.5, 0.6) is 0 Å². The Balaban J connectivity index is 2.83. The lowest BCUT2D eigenvalue weighted by atomic mass is 10.1. The van der Waals surface area contributed by atoms with E-state index in [0.29, 0.717) is 12.5 Å². The van der Waals surface area contributed by atoms with E-state index in [1.165, 1.54) is 4.90 Å². The van der Waals surface area contributed by atoms with Crippen molar-refractivity contribution in [2.75, 3.05) is 27.2 Å². The molecule has 0 bridgehead atoms. The monoisotopic (exact) mass is 380 g/mol. The normalized spacial score (nSPS) is 12.5. The zero-order valence-corrected chi connectivity index (χ0v) is 15.8. The Labute approximate surface area is 147 Å². The maximum absolute atomic E-state index is 11.7. The molecular weight excluding hydrogens is 356 g/mol. The van der Waals surface area contributed by atoms with Gasteiger partial charge in [-0.1, -0.05) is 46.3 Å². The number of likely N-dealkylation sites (N-methyl/N-ethyl adjacent to an activating group) is 1. The molecule has 0 aliphatic rings. The van der Waals surface area contributed by atoms with Crippen molar-refractivity contribution in [2.24, 2.45) is 4.99 Å². The molecule has 1 atom stereocenters. The summed E-state index contributed by atoms with van der Waals surface area (Å²) >= 11 is 3.56. The summed E-state index contributed by atoms with van der Waals surface area (Å²) in [4.78, 5) is 17.6. The van der Waals surface area contributed by atoms with E-state index in [0.717, 1.165) is 15.6 Å². The lowest BCUT2D eigenvalue weighted by molar-refractivity contribution is -0.127. The molecule has 0 saturated heterocycles. The molecule has 0 spiro atoms. The highest BCUT2D eigenvalue weighted by Gasteiger charge is 2.11. The summed E-state index contributed by atoms with van der Waals surface area (Å²) < 4.78 is 1.03. The first-order valence-corrected chi connectivity index (χ1v) is 8.24. The molecule has 0 radical (unpaired) electrons. The molecular formula is C17H25BrN4O. The molecule has 1 aromatic carbocycles. The van der Waals surface area contributed by atoms with Crippen molar-refractivity contribution < 1.29 is 4.79 Å². The number of nitrogens with one attached hydrogen (secondary N) is 2. The van der Waals surface area contributed by atoms with Gasteiger partial charge in [-0.2, -0.15) is 0 Å². The van der Waals surface area contributed by atoms with Crippen LogP contribution < -0.4 is 10.6 Å². The molecule has 6 heteroatoms. The molecule has 0 aliphatic carbocycles. The van der Waals surface area contributed by atoms with E-state index in [1.807, 2.05) is 38.1 Å². The zero-order valence-electron chi connectivity index (χ0n) is 14.2. The van der Waals surface area contributed by atoms with Crippen molar-refractivity contribution in [3.8, 4) is 0 Å². The van der Waals surface area contributed by atoms with Crippen molar-refractivity contribution >= 4 is 27.8 Å². The number of amides is 1. The van der Waals surface area contributed by atoms with Crippen LogP contribution in [0.1, 0.15) is 25.5 Å². The SMILES string of the molecule is C=C(C)CNC(=NCC(=O)N(C)C)NC(C)c1ccccc1Br. The van der Waals surface area contributed by atoms with Gasteiger partial charge in [-0.25, -0.2) is 4.99 Å². The minimum absolute atomic E-state index is 0.0383. The molecule has 5 nitrogen and oxygen atoms in total. The smallest absolute Gasteiger partial charge is 0.243 e. The van der Waals surface area contributed by atoms with E-state index in [2.05, 4.69) is 38.1 Å². The maximum Gasteiger partial charge on any atom is 0.243 e. The third kappa shape index (κ3) is 6.86. The molecule has 0 heterocycles. The van der Waals surface area contributed by atoms with E-state index < -0.39 is 0 Å². The number of aliphatic imine (C=N–C) groups is 1. The van der Waals surface area contributed by atoms with Crippen LogP contribution in [0.4, 0.5) is 0 Å². The van der Waals surface area contributed by atoms with E-state index >= 15 is 0 Å². The number of carbonyl (C=O) groups excluding carboxylic acids is 1. The fraction of sp³-hybridized carbons (Fsp3) is 0.412. The van der Waals surface area contributed by atoms with Gasteiger partial charge in [0.1, 0.15) is 6.54 Å². The summed E-state index contributed by atoms with van der Waals surface area (Å²) in [6.07, 6.45) is 0. The molecule has 2 N–H and O–H groups in total. The van der Waals surface area contributed by atoms with E-state index in [4.69, 9.17) is 0 Å². The Morgan fingerprint density at radius 2 is 2.04 bits per heavy atom. The van der Waals surface area contributed by atoms with Crippen molar-refractivity contribution in [3.05, 3.63) is 46.5 Å². The standard InChI is InChI=1S/C17H25BrN4O/c1-12(2)10-19-17(20-11-16(23)22(4)5)21-13(3)14-8-6-7-9-15(14)18/h6-9,13H,1,10-11H2,2-5H3,(H2,19,20,21). The minimum Gasteiger partial charge on any atom is -0.353 e. The van der Waals surface area contributed by atoms with Crippen LogP contribution in [0.2, 0.25) is 0 Å². The van der Waals surface area contributed by atoms with Gasteiger partial charge < -0.3 is 15.5 Å². The van der Waals surface area contributed by atoms with Gasteiger partial charge in [0, 0.05) is 25.1 Å². The lowest BCUT2D eigenvalue weighted by Gasteiger charge is -2.20. The van der Waals surface area contributed by atoms with Crippen molar-refractivity contribution in [1.82, 2.24) is 15.5 Å². The first-order valence-electron chi connectivity index (χ1n) is 7.45. The van der Waals surface area contributed by atoms with E-state index in [-0.39, 0.29) is 18.5 Å². The molecule has 126 valence electrons. The van der Waals surface area contributed by atoms with Crippen LogP contribution in [0, 0.1) is 0 Å². The number of carbonyl (C=O) groups is 1. The van der Waals surface area contributed by atoms with Gasteiger partial charge in [-0.3, -0.25) is 4.79 Å². The molecule has 0 aromatic heterocycles. The minimum atomic E-state index is -0.0463. The lowest BCUT2D eigenvalue weighted by Crippen LogP contribution is -2.40. The molecule has 23 heavy (non-hydrogen) atoms. The second kappa shape index (κ2) is 9.35. The Morgan fingerprint density at radius 3 is 2.61 bits per heavy atom. The number of nitrogens with zero attached hydrogens (tertiary/aromatic N) is 2. The second-order valence-corrected chi connectivity index (χ2v) is 6.51. The maximum atomic E-state index is 11.7. The van der Waals surface area contributed by atoms with Crippen LogP contribution in [0.15, 0.2) is 45.9 Å². The van der Waals surface area contributed by atoms with Gasteiger partial charge in [0.25, 0.3) is 0 Å². The average molecular weight is 381 g/mol. The van der Waals surface area contributed by atoms with Crippen LogP contribution in [0.3, 0.4) is 0 Å². The highest BCUT2D eigenvalue weighted by Crippen LogP contribution is 2.22. The van der Waals surface area contributed by atoms with Gasteiger partial charge in [0.05, 0.1) is 6.04 Å². The number of halogens is 1. The van der Waals surface area contributed by atoms with Crippen LogP contribution in [-0.4, -0.2) is 44.0 Å². The first-order chi connectivity index (χ1) is 10.8. The van der Waals surface area contributed by atoms with Crippen LogP contribution in [0.25, 0.3) is 0 Å². The van der Waals surface area contributed by atoms with E-state index in [9.17, 15) is 4.79 Å². The van der Waals surface area contributed by atoms with Gasteiger partial charge in [-0.05, 0) is 25.5 Å². The number of hydrogen-bond acceptors (Lipinski definition) is 2. The molecule has 0 aliphatic heterocycles. The third-order valence-corrected chi connectivity index (χ3v) is 3.88. The Bertz CT molecular complexity index is 584. The third-order valence-electron chi connectivity index (χ3n) is 3.15. The fourth-order valence-electron chi connectivity index (χ4n) is 1.78. The number of hydrogen-bond donors (Lipinski definition) is 2. The molecule has 1 rings (SSSR count). The van der Waals surface area contributed by atoms with E-state index in [1.54, 1.807) is 14.1 Å². The summed E-state index contributed by atoms with van der Waals surface area (Å²) in [6.45, 7) is 8.56. The van der Waals surface area contributed by atoms with Crippen molar-refractivity contribution in [1.29, 1.82) is 0 Å². The predicted octanol–water partition coefficient (Wildman–Crippen LogP) is 2.71. The average Bonchev–Trinajstić information content (AvgIpc) is 2.49. The van der Waals surface area contributed by atoms with Gasteiger partial charge in [0.15, 0.2) is 5.96 Å². The summed E-state index contributed by atoms with van der Waals surface area (Å²) in [5, 5.41) is 6.51. The summed E-state index contributed by atoms with van der Waals surface area (Å²) in [5.74, 6) is 0.543. The Kier molecular flexibility index (Phi) is 7.81. The largest absolute Gasteiger partial charge is 0.353 e. The highest BCUT2D eigenvalue weighted by molar-refractivity contribution is 9.10. The van der Waals surface area contributed by atoms with Crippen molar-refractivity contribution in [2.45, 2.75) is 19.9 Å². The zero-order chi connectivity index (χ0) is 17.4. The highest BCUT2D eigenvalue weighted by atomic mass is 79.9.